The van der Waals surface area contributed by atoms with Gasteiger partial charge in [-0.15, -0.1) is 0 Å². The van der Waals surface area contributed by atoms with E-state index in [1.54, 1.807) is 4.90 Å². The first kappa shape index (κ1) is 22.1. The summed E-state index contributed by atoms with van der Waals surface area (Å²) in [4.78, 5) is 24.9. The lowest BCUT2D eigenvalue weighted by molar-refractivity contribution is -0.122. The standard InChI is InChI=1S/C22H25F3N6O/c1-31(2)11-19(32)28-13-4-3-5-14(8-13)29-22-18(25)10-27-21(30-22)16-9-26-20-15(16)6-12(23)7-17(20)24/h6-7,9-10,13-14,26H,3-5,8,11H2,1-2H3,(H,28,32)(H,27,29,30)/t13-,14+/m1/s1. The van der Waals surface area contributed by atoms with Gasteiger partial charge in [-0.2, -0.15) is 0 Å². The van der Waals surface area contributed by atoms with Gasteiger partial charge in [0.05, 0.1) is 18.3 Å². The molecule has 4 rings (SSSR count). The Labute approximate surface area is 183 Å². The molecule has 170 valence electrons. The molecule has 32 heavy (non-hydrogen) atoms. The first-order valence-corrected chi connectivity index (χ1v) is 10.5. The van der Waals surface area contributed by atoms with Crippen LogP contribution in [0.4, 0.5) is 19.0 Å². The van der Waals surface area contributed by atoms with E-state index in [2.05, 4.69) is 25.6 Å². The molecule has 1 saturated carbocycles. The summed E-state index contributed by atoms with van der Waals surface area (Å²) in [5.41, 5.74) is 0.506. The fourth-order valence-corrected chi connectivity index (χ4v) is 4.14. The van der Waals surface area contributed by atoms with Crippen molar-refractivity contribution in [3.8, 4) is 11.4 Å². The number of nitrogens with one attached hydrogen (secondary N) is 3. The minimum Gasteiger partial charge on any atom is -0.365 e. The summed E-state index contributed by atoms with van der Waals surface area (Å²) < 4.78 is 42.2. The minimum absolute atomic E-state index is 0.00219. The number of rotatable bonds is 6. The molecule has 1 aromatic carbocycles. The van der Waals surface area contributed by atoms with E-state index in [1.165, 1.54) is 12.3 Å². The lowest BCUT2D eigenvalue weighted by Crippen LogP contribution is -2.44. The molecule has 3 aromatic rings. The van der Waals surface area contributed by atoms with Crippen LogP contribution in [0.5, 0.6) is 0 Å². The summed E-state index contributed by atoms with van der Waals surface area (Å²) in [5, 5.41) is 6.42. The van der Waals surface area contributed by atoms with E-state index in [9.17, 15) is 18.0 Å². The van der Waals surface area contributed by atoms with E-state index in [0.29, 0.717) is 18.5 Å². The summed E-state index contributed by atoms with van der Waals surface area (Å²) in [5.74, 6) is -1.94. The predicted octanol–water partition coefficient (Wildman–Crippen LogP) is 3.44. The van der Waals surface area contributed by atoms with Crippen molar-refractivity contribution in [1.82, 2.24) is 25.2 Å². The third-order valence-corrected chi connectivity index (χ3v) is 5.53. The maximum Gasteiger partial charge on any atom is 0.234 e. The van der Waals surface area contributed by atoms with Gasteiger partial charge in [-0.1, -0.05) is 0 Å². The number of carbonyl (C=O) groups excluding carboxylic acids is 1. The van der Waals surface area contributed by atoms with Crippen LogP contribution in [0.2, 0.25) is 0 Å². The van der Waals surface area contributed by atoms with Crippen molar-refractivity contribution in [3.05, 3.63) is 42.0 Å². The van der Waals surface area contributed by atoms with Gasteiger partial charge >= 0.3 is 0 Å². The molecular weight excluding hydrogens is 421 g/mol. The second kappa shape index (κ2) is 9.15. The fraction of sp³-hybridized carbons (Fsp3) is 0.409. The summed E-state index contributed by atoms with van der Waals surface area (Å²) in [7, 11) is 3.66. The quantitative estimate of drug-likeness (QED) is 0.540. The second-order valence-electron chi connectivity index (χ2n) is 8.41. The molecule has 7 nitrogen and oxygen atoms in total. The molecule has 1 aliphatic carbocycles. The van der Waals surface area contributed by atoms with Crippen molar-refractivity contribution in [1.29, 1.82) is 0 Å². The molecular formula is C22H25F3N6O. The number of aromatic nitrogens is 3. The van der Waals surface area contributed by atoms with Crippen LogP contribution >= 0.6 is 0 Å². The number of hydrogen-bond acceptors (Lipinski definition) is 5. The molecule has 10 heteroatoms. The monoisotopic (exact) mass is 446 g/mol. The topological polar surface area (TPSA) is 85.9 Å². The number of carbonyl (C=O) groups is 1. The maximum atomic E-state index is 14.5. The highest BCUT2D eigenvalue weighted by Gasteiger charge is 2.25. The molecule has 0 saturated heterocycles. The molecule has 0 radical (unpaired) electrons. The van der Waals surface area contributed by atoms with Gasteiger partial charge in [-0.05, 0) is 45.8 Å². The van der Waals surface area contributed by atoms with Gasteiger partial charge in [0.1, 0.15) is 11.6 Å². The van der Waals surface area contributed by atoms with Gasteiger partial charge < -0.3 is 20.5 Å². The van der Waals surface area contributed by atoms with Crippen LogP contribution in [-0.4, -0.2) is 58.5 Å². The van der Waals surface area contributed by atoms with E-state index in [0.717, 1.165) is 31.5 Å². The molecule has 2 aromatic heterocycles. The summed E-state index contributed by atoms with van der Waals surface area (Å²) in [6.45, 7) is 0.310. The molecule has 0 spiro atoms. The zero-order valence-electron chi connectivity index (χ0n) is 17.9. The number of halogens is 3. The van der Waals surface area contributed by atoms with E-state index in [1.807, 2.05) is 14.1 Å². The zero-order chi connectivity index (χ0) is 22.8. The first-order valence-electron chi connectivity index (χ1n) is 10.5. The van der Waals surface area contributed by atoms with Gasteiger partial charge in [0.25, 0.3) is 0 Å². The highest BCUT2D eigenvalue weighted by Crippen LogP contribution is 2.30. The van der Waals surface area contributed by atoms with Crippen molar-refractivity contribution in [2.24, 2.45) is 0 Å². The average molecular weight is 446 g/mol. The number of likely N-dealkylation sites (N-methyl/N-ethyl adjacent to an activating group) is 1. The van der Waals surface area contributed by atoms with Gasteiger partial charge in [-0.3, -0.25) is 4.79 Å². The minimum atomic E-state index is -0.726. The largest absolute Gasteiger partial charge is 0.365 e. The highest BCUT2D eigenvalue weighted by atomic mass is 19.1. The fourth-order valence-electron chi connectivity index (χ4n) is 4.14. The van der Waals surface area contributed by atoms with Gasteiger partial charge in [0.2, 0.25) is 5.91 Å². The number of hydrogen-bond donors (Lipinski definition) is 3. The smallest absolute Gasteiger partial charge is 0.234 e. The molecule has 0 aliphatic heterocycles. The predicted molar refractivity (Wildman–Crippen MR) is 116 cm³/mol. The number of nitrogens with zero attached hydrogens (tertiary/aromatic N) is 3. The Bertz CT molecular complexity index is 1130. The first-order chi connectivity index (χ1) is 15.3. The van der Waals surface area contributed by atoms with Crippen molar-refractivity contribution in [2.75, 3.05) is 26.0 Å². The van der Waals surface area contributed by atoms with Crippen molar-refractivity contribution in [3.63, 3.8) is 0 Å². The van der Waals surface area contributed by atoms with Crippen LogP contribution in [0.15, 0.2) is 24.5 Å². The summed E-state index contributed by atoms with van der Waals surface area (Å²) >= 11 is 0. The molecule has 2 atom stereocenters. The lowest BCUT2D eigenvalue weighted by atomic mass is 9.91. The Balaban J connectivity index is 1.52. The lowest BCUT2D eigenvalue weighted by Gasteiger charge is -2.31. The van der Waals surface area contributed by atoms with E-state index in [4.69, 9.17) is 0 Å². The van der Waals surface area contributed by atoms with Gasteiger partial charge in [-0.25, -0.2) is 23.1 Å². The molecule has 1 amide bonds. The number of anilines is 1. The number of fused-ring (bicyclic) bond motifs is 1. The van der Waals surface area contributed by atoms with E-state index in [-0.39, 0.29) is 40.5 Å². The Kier molecular flexibility index (Phi) is 6.31. The van der Waals surface area contributed by atoms with Crippen LogP contribution < -0.4 is 10.6 Å². The molecule has 2 heterocycles. The molecule has 0 bridgehead atoms. The van der Waals surface area contributed by atoms with Crippen LogP contribution in [-0.2, 0) is 4.79 Å². The highest BCUT2D eigenvalue weighted by molar-refractivity contribution is 5.94. The third-order valence-electron chi connectivity index (χ3n) is 5.53. The van der Waals surface area contributed by atoms with E-state index < -0.39 is 17.5 Å². The number of amides is 1. The number of benzene rings is 1. The zero-order valence-corrected chi connectivity index (χ0v) is 17.9. The summed E-state index contributed by atoms with van der Waals surface area (Å²) in [6, 6.07) is 1.89. The van der Waals surface area contributed by atoms with Crippen molar-refractivity contribution >= 4 is 22.6 Å². The van der Waals surface area contributed by atoms with Gasteiger partial charge in [0.15, 0.2) is 17.5 Å². The molecule has 1 aliphatic rings. The Morgan fingerprint density at radius 2 is 1.97 bits per heavy atom. The van der Waals surface area contributed by atoms with Crippen LogP contribution in [0.1, 0.15) is 25.7 Å². The second-order valence-corrected chi connectivity index (χ2v) is 8.41. The van der Waals surface area contributed by atoms with Crippen molar-refractivity contribution in [2.45, 2.75) is 37.8 Å². The van der Waals surface area contributed by atoms with Crippen molar-refractivity contribution < 1.29 is 18.0 Å². The van der Waals surface area contributed by atoms with Crippen LogP contribution in [0.25, 0.3) is 22.3 Å². The Morgan fingerprint density at radius 3 is 2.75 bits per heavy atom. The molecule has 1 fully saturated rings. The Morgan fingerprint density at radius 1 is 1.19 bits per heavy atom. The van der Waals surface area contributed by atoms with Crippen LogP contribution in [0.3, 0.4) is 0 Å². The average Bonchev–Trinajstić information content (AvgIpc) is 3.13. The molecule has 3 N–H and O–H groups in total. The van der Waals surface area contributed by atoms with Gasteiger partial charge in [0, 0.05) is 35.3 Å². The number of H-pyrrole nitrogens is 1. The Hall–Kier alpha value is -3.14. The SMILES string of the molecule is CN(C)CC(=O)N[C@@H]1CCC[C@H](Nc2nc(-c3c[nH]c4c(F)cc(F)cc34)ncc2F)C1. The molecule has 0 unspecified atom stereocenters. The maximum absolute atomic E-state index is 14.5. The van der Waals surface area contributed by atoms with Crippen LogP contribution in [0, 0.1) is 17.5 Å². The van der Waals surface area contributed by atoms with E-state index >= 15 is 0 Å². The number of aromatic amines is 1. The summed E-state index contributed by atoms with van der Waals surface area (Å²) in [6.07, 6.45) is 5.70. The normalized spacial score (nSPS) is 18.8. The third kappa shape index (κ3) is 4.85.